The fourth-order valence-electron chi connectivity index (χ4n) is 4.98. The number of pyridine rings is 1. The normalized spacial score (nSPS) is 22.3. The summed E-state index contributed by atoms with van der Waals surface area (Å²) in [7, 11) is 2.14. The Morgan fingerprint density at radius 1 is 1.17 bits per heavy atom. The van der Waals surface area contributed by atoms with Crippen LogP contribution in [0.1, 0.15) is 42.6 Å². The molecule has 1 saturated heterocycles. The summed E-state index contributed by atoms with van der Waals surface area (Å²) in [6.45, 7) is 9.90. The first-order valence-electron chi connectivity index (χ1n) is 12.8. The van der Waals surface area contributed by atoms with Crippen molar-refractivity contribution in [2.75, 3.05) is 46.5 Å². The summed E-state index contributed by atoms with van der Waals surface area (Å²) in [6, 6.07) is 9.77. The molecule has 0 unspecified atom stereocenters. The van der Waals surface area contributed by atoms with Crippen LogP contribution in [0.2, 0.25) is 0 Å². The van der Waals surface area contributed by atoms with Crippen molar-refractivity contribution in [3.8, 4) is 17.0 Å². The summed E-state index contributed by atoms with van der Waals surface area (Å²) in [6.07, 6.45) is 3.84. The molecule has 2 aromatic rings. The zero-order valence-electron chi connectivity index (χ0n) is 21.4. The zero-order valence-corrected chi connectivity index (χ0v) is 21.4. The number of aliphatic hydroxyl groups is 1. The number of rotatable bonds is 7. The first-order chi connectivity index (χ1) is 16.9. The van der Waals surface area contributed by atoms with E-state index in [4.69, 9.17) is 9.47 Å². The molecule has 0 aliphatic carbocycles. The lowest BCUT2D eigenvalue weighted by Gasteiger charge is -2.38. The highest BCUT2D eigenvalue weighted by atomic mass is 16.5. The number of benzene rings is 1. The zero-order chi connectivity index (χ0) is 24.9. The van der Waals surface area contributed by atoms with Gasteiger partial charge in [0.25, 0.3) is 5.91 Å². The molecule has 7 nitrogen and oxygen atoms in total. The van der Waals surface area contributed by atoms with E-state index < -0.39 is 0 Å². The van der Waals surface area contributed by atoms with Gasteiger partial charge in [0, 0.05) is 50.5 Å². The number of aryl methyl sites for hydroxylation is 1. The molecule has 1 fully saturated rings. The minimum Gasteiger partial charge on any atom is -0.472 e. The van der Waals surface area contributed by atoms with Crippen LogP contribution in [0.25, 0.3) is 11.1 Å². The molecule has 0 radical (unpaired) electrons. The Morgan fingerprint density at radius 2 is 1.89 bits per heavy atom. The van der Waals surface area contributed by atoms with Gasteiger partial charge in [-0.25, -0.2) is 4.98 Å². The van der Waals surface area contributed by atoms with Gasteiger partial charge in [-0.1, -0.05) is 36.8 Å². The summed E-state index contributed by atoms with van der Waals surface area (Å²) in [4.78, 5) is 22.4. The predicted octanol–water partition coefficient (Wildman–Crippen LogP) is 3.64. The van der Waals surface area contributed by atoms with Crippen molar-refractivity contribution in [3.63, 3.8) is 0 Å². The van der Waals surface area contributed by atoms with E-state index in [1.165, 1.54) is 5.56 Å². The molecule has 190 valence electrons. The Balaban J connectivity index is 1.62. The van der Waals surface area contributed by atoms with Crippen LogP contribution in [0.4, 0.5) is 0 Å². The Bertz CT molecular complexity index is 990. The number of hydrogen-bond donors (Lipinski definition) is 1. The van der Waals surface area contributed by atoms with Crippen LogP contribution < -0.4 is 4.74 Å². The largest absolute Gasteiger partial charge is 0.472 e. The average molecular weight is 482 g/mol. The maximum Gasteiger partial charge on any atom is 0.259 e. The first kappa shape index (κ1) is 25.6. The molecular formula is C28H39N3O4. The van der Waals surface area contributed by atoms with Gasteiger partial charge in [-0.05, 0) is 51.3 Å². The van der Waals surface area contributed by atoms with E-state index in [-0.39, 0.29) is 30.6 Å². The number of carbonyl (C=O) groups excluding carboxylic acids is 1. The average Bonchev–Trinajstić information content (AvgIpc) is 2.86. The van der Waals surface area contributed by atoms with Crippen LogP contribution in [0.3, 0.4) is 0 Å². The quantitative estimate of drug-likeness (QED) is 0.651. The molecule has 1 aromatic carbocycles. The number of fused-ring (bicyclic) bond motifs is 1. The van der Waals surface area contributed by atoms with Crippen molar-refractivity contribution in [1.82, 2.24) is 14.8 Å². The van der Waals surface area contributed by atoms with Gasteiger partial charge >= 0.3 is 0 Å². The lowest BCUT2D eigenvalue weighted by atomic mass is 9.97. The van der Waals surface area contributed by atoms with Gasteiger partial charge < -0.3 is 24.4 Å². The summed E-state index contributed by atoms with van der Waals surface area (Å²) in [5.74, 6) is 0.935. The number of hydrogen-bond acceptors (Lipinski definition) is 6. The molecular weight excluding hydrogens is 442 g/mol. The van der Waals surface area contributed by atoms with E-state index in [0.29, 0.717) is 23.9 Å². The van der Waals surface area contributed by atoms with Crippen LogP contribution >= 0.6 is 0 Å². The highest BCUT2D eigenvalue weighted by Gasteiger charge is 2.34. The van der Waals surface area contributed by atoms with Gasteiger partial charge in [0.2, 0.25) is 5.88 Å². The molecule has 3 heterocycles. The Hall–Kier alpha value is -2.48. The topological polar surface area (TPSA) is 75.1 Å². The molecule has 0 bridgehead atoms. The van der Waals surface area contributed by atoms with Crippen LogP contribution in [0.15, 0.2) is 36.5 Å². The molecule has 0 saturated carbocycles. The third-order valence-corrected chi connectivity index (χ3v) is 7.31. The summed E-state index contributed by atoms with van der Waals surface area (Å²) in [5.41, 5.74) is 3.51. The van der Waals surface area contributed by atoms with E-state index >= 15 is 0 Å². The highest BCUT2D eigenvalue weighted by molar-refractivity contribution is 5.98. The maximum absolute atomic E-state index is 13.6. The Morgan fingerprint density at radius 3 is 2.57 bits per heavy atom. The van der Waals surface area contributed by atoms with Crippen molar-refractivity contribution in [2.24, 2.45) is 11.8 Å². The lowest BCUT2D eigenvalue weighted by molar-refractivity contribution is 0.0254. The number of aliphatic hydroxyl groups excluding tert-OH is 1. The van der Waals surface area contributed by atoms with Crippen LogP contribution in [0.5, 0.6) is 5.88 Å². The molecule has 0 spiro atoms. The standard InChI is InChI=1S/C28H39N3O4/c1-19-5-7-23(8-6-19)24-13-25-27(29-14-24)35-26(17-30(4)16-22-9-11-34-12-10-22)20(2)15-31(28(25)33)21(3)18-32/h5-8,13-14,20-22,26,32H,9-12,15-18H2,1-4H3/t20-,21+,26-/m0/s1. The van der Waals surface area contributed by atoms with E-state index in [0.717, 1.165) is 50.3 Å². The lowest BCUT2D eigenvalue weighted by Crippen LogP contribution is -2.50. The van der Waals surface area contributed by atoms with E-state index in [2.05, 4.69) is 42.9 Å². The van der Waals surface area contributed by atoms with E-state index in [1.54, 1.807) is 11.1 Å². The number of likely N-dealkylation sites (N-methyl/N-ethyl adjacent to an activating group) is 1. The second-order valence-corrected chi connectivity index (χ2v) is 10.3. The van der Waals surface area contributed by atoms with Gasteiger partial charge in [0.1, 0.15) is 11.7 Å². The Kier molecular flexibility index (Phi) is 8.42. The molecule has 1 aromatic heterocycles. The summed E-state index contributed by atoms with van der Waals surface area (Å²) in [5, 5.41) is 9.89. The smallest absolute Gasteiger partial charge is 0.259 e. The van der Waals surface area contributed by atoms with Crippen LogP contribution in [0, 0.1) is 18.8 Å². The van der Waals surface area contributed by atoms with Crippen molar-refractivity contribution in [1.29, 1.82) is 0 Å². The molecule has 3 atom stereocenters. The van der Waals surface area contributed by atoms with Gasteiger partial charge in [-0.15, -0.1) is 0 Å². The minimum atomic E-state index is -0.292. The SMILES string of the molecule is Cc1ccc(-c2cnc3c(c2)C(=O)N([C@H](C)CO)C[C@H](C)[C@H](CN(C)CC2CCOCC2)O3)cc1. The molecule has 1 N–H and O–H groups in total. The Labute approximate surface area is 209 Å². The molecule has 2 aliphatic heterocycles. The van der Waals surface area contributed by atoms with Crippen molar-refractivity contribution in [3.05, 3.63) is 47.7 Å². The van der Waals surface area contributed by atoms with E-state index in [1.807, 2.05) is 25.1 Å². The van der Waals surface area contributed by atoms with Crippen molar-refractivity contribution >= 4 is 5.91 Å². The fraction of sp³-hybridized carbons (Fsp3) is 0.571. The molecule has 1 amide bonds. The summed E-state index contributed by atoms with van der Waals surface area (Å²) < 4.78 is 12.0. The predicted molar refractivity (Wildman–Crippen MR) is 137 cm³/mol. The second-order valence-electron chi connectivity index (χ2n) is 10.3. The summed E-state index contributed by atoms with van der Waals surface area (Å²) >= 11 is 0. The number of carbonyl (C=O) groups is 1. The molecule has 35 heavy (non-hydrogen) atoms. The second kappa shape index (κ2) is 11.5. The molecule has 4 rings (SSSR count). The first-order valence-corrected chi connectivity index (χ1v) is 12.8. The monoisotopic (exact) mass is 481 g/mol. The number of nitrogens with zero attached hydrogens (tertiary/aromatic N) is 3. The van der Waals surface area contributed by atoms with Gasteiger partial charge in [0.15, 0.2) is 0 Å². The highest BCUT2D eigenvalue weighted by Crippen LogP contribution is 2.30. The van der Waals surface area contributed by atoms with Crippen LogP contribution in [-0.4, -0.2) is 84.4 Å². The third-order valence-electron chi connectivity index (χ3n) is 7.31. The maximum atomic E-state index is 13.6. The van der Waals surface area contributed by atoms with E-state index in [9.17, 15) is 9.90 Å². The molecule has 7 heteroatoms. The minimum absolute atomic E-state index is 0.0804. The van der Waals surface area contributed by atoms with Crippen LogP contribution in [-0.2, 0) is 4.74 Å². The fourth-order valence-corrected chi connectivity index (χ4v) is 4.98. The van der Waals surface area contributed by atoms with Crippen molar-refractivity contribution in [2.45, 2.75) is 45.8 Å². The number of amides is 1. The van der Waals surface area contributed by atoms with Gasteiger partial charge in [0.05, 0.1) is 12.6 Å². The number of ether oxygens (including phenoxy) is 2. The third kappa shape index (κ3) is 6.21. The van der Waals surface area contributed by atoms with Crippen molar-refractivity contribution < 1.29 is 19.4 Å². The molecule has 2 aliphatic rings. The van der Waals surface area contributed by atoms with Gasteiger partial charge in [-0.3, -0.25) is 4.79 Å². The number of aromatic nitrogens is 1. The van der Waals surface area contributed by atoms with Gasteiger partial charge in [-0.2, -0.15) is 0 Å².